The molecule has 0 aliphatic heterocycles. The summed E-state index contributed by atoms with van der Waals surface area (Å²) in [5.41, 5.74) is 13.5. The van der Waals surface area contributed by atoms with E-state index in [0.29, 0.717) is 56.2 Å². The topological polar surface area (TPSA) is 75.9 Å². The number of rotatable bonds is 12. The van der Waals surface area contributed by atoms with Crippen LogP contribution in [-0.2, 0) is 47.9 Å². The van der Waals surface area contributed by atoms with Gasteiger partial charge in [0.2, 0.25) is 0 Å². The first-order chi connectivity index (χ1) is 43.8. The monoisotopic (exact) mass is 1390 g/mol. The predicted octanol–water partition coefficient (Wildman–Crippen LogP) is 23.5. The Morgan fingerprint density at radius 1 is 0.426 bits per heavy atom. The molecule has 0 bridgehead atoms. The SMILES string of the molecule is CC(C)[Si](C[OH+]c1ccc(F)cc1-c1scc(-n2c3ccc(C(C)(C)C)cc3c3cc(C(C)(C)C)ccc32)c1O)(C[OH+]c1ccc(F)cc1-c1scc(-n2c3ccc(C(C)(C)C)cc3c3cc(C(C)(C)C)ccc32)c1O)C(C)C.[CH2-]c1ccccc1.[CH2-]c1ccccc1.[Zr]. The third-order valence-electron chi connectivity index (χ3n) is 18.4. The Bertz CT molecular complexity index is 4210. The number of aliphatic hydroxyl groups is 2. The minimum atomic E-state index is -2.54. The molecule has 0 atom stereocenters. The minimum absolute atomic E-state index is 0. The molecule has 4 N–H and O–H groups in total. The second-order valence-corrected chi connectivity index (χ2v) is 36.8. The Hall–Kier alpha value is -7.34. The van der Waals surface area contributed by atoms with Gasteiger partial charge < -0.3 is 28.8 Å². The molecule has 0 saturated carbocycles. The Labute approximate surface area is 584 Å². The summed E-state index contributed by atoms with van der Waals surface area (Å²) in [4.78, 5) is 1.09. The van der Waals surface area contributed by atoms with Gasteiger partial charge in [0.05, 0.1) is 54.3 Å². The Balaban J connectivity index is 0.000000615. The standard InChI is InChI=1S/C68H76F2N2O4S2Si.2C7H7.Zr/c1-39(2)79(40(3)4,37-75-59-27-21-45(69)33-51(59)63-61(73)57(35-77-63)71-53-23-17-41(65(5,6)7)29-47(53)48-30-42(66(8,9)10)18-24-54(48)71)38-76-60-28-22-46(70)34-52(60)64-62(74)58(36-78-64)72-55-25-19-43(67(11,12)13)31-49(55)50-32-44(68(14,15)16)20-26-56(50)72;2*1-7-5-3-2-4-6-7;/h17-36,39-40,73-74H,37-38H2,1-16H3;2*2-6H,1H2;/q;2*-1;/p+2. The fourth-order valence-corrected chi connectivity index (χ4v) is 18.1. The van der Waals surface area contributed by atoms with Crippen LogP contribution in [0, 0.1) is 25.5 Å². The second kappa shape index (κ2) is 27.8. The van der Waals surface area contributed by atoms with Gasteiger partial charge in [-0.2, -0.15) is 49.2 Å². The van der Waals surface area contributed by atoms with Gasteiger partial charge in [0, 0.05) is 70.6 Å². The van der Waals surface area contributed by atoms with Crippen LogP contribution in [0.1, 0.15) is 144 Å². The van der Waals surface area contributed by atoms with Crippen molar-refractivity contribution in [2.24, 2.45) is 0 Å². The van der Waals surface area contributed by atoms with E-state index in [1.165, 1.54) is 69.2 Å². The van der Waals surface area contributed by atoms with Crippen LogP contribution in [0.2, 0.25) is 11.1 Å². The van der Waals surface area contributed by atoms with E-state index in [4.69, 9.17) is 9.47 Å². The number of nitrogens with zero attached hydrogens (tertiary/aromatic N) is 2. The molecule has 488 valence electrons. The average Bonchev–Trinajstić information content (AvgIpc) is 1.58. The quantitative estimate of drug-likeness (QED) is 0.0726. The van der Waals surface area contributed by atoms with Crippen molar-refractivity contribution in [1.82, 2.24) is 9.13 Å². The zero-order valence-electron chi connectivity index (χ0n) is 57.6. The van der Waals surface area contributed by atoms with E-state index < -0.39 is 19.7 Å². The fraction of sp³-hybridized carbons (Fsp3) is 0.293. The number of hydrogen-bond donors (Lipinski definition) is 2. The van der Waals surface area contributed by atoms with E-state index in [9.17, 15) is 10.2 Å². The summed E-state index contributed by atoms with van der Waals surface area (Å²) in [6.45, 7) is 43.1. The maximum Gasteiger partial charge on any atom is 0.267 e. The third kappa shape index (κ3) is 14.7. The van der Waals surface area contributed by atoms with Crippen LogP contribution in [0.5, 0.6) is 23.0 Å². The zero-order chi connectivity index (χ0) is 67.3. The van der Waals surface area contributed by atoms with Crippen LogP contribution < -0.4 is 0 Å². The number of ether oxygens (including phenoxy) is 2. The number of fused-ring (bicyclic) bond motifs is 6. The molecule has 0 fully saturated rings. The minimum Gasteiger partial charge on any atom is -0.585 e. The number of halogens is 2. The fourth-order valence-electron chi connectivity index (χ4n) is 12.3. The van der Waals surface area contributed by atoms with E-state index in [-0.39, 0.29) is 70.4 Å². The number of hydrogen-bond acceptors (Lipinski definition) is 4. The molecule has 0 saturated heterocycles. The Morgan fingerprint density at radius 2 is 0.713 bits per heavy atom. The summed E-state index contributed by atoms with van der Waals surface area (Å²) in [6, 6.07) is 55.6. The number of thiophene rings is 2. The maximum absolute atomic E-state index is 15.6. The second-order valence-electron chi connectivity index (χ2n) is 29.7. The van der Waals surface area contributed by atoms with Gasteiger partial charge in [0.25, 0.3) is 19.6 Å². The molecule has 4 heterocycles. The number of aromatic nitrogens is 2. The summed E-state index contributed by atoms with van der Waals surface area (Å²) in [5, 5.41) is 33.3. The van der Waals surface area contributed by atoms with Crippen molar-refractivity contribution < 1.29 is 54.7 Å². The molecular formula is C82H92F2N2O4S2SiZr. The van der Waals surface area contributed by atoms with Crippen LogP contribution >= 0.6 is 22.7 Å². The third-order valence-corrected chi connectivity index (χ3v) is 26.5. The molecule has 8 aromatic carbocycles. The summed E-state index contributed by atoms with van der Waals surface area (Å²) < 4.78 is 46.1. The number of benzene rings is 8. The van der Waals surface area contributed by atoms with Crippen LogP contribution in [0.3, 0.4) is 0 Å². The largest absolute Gasteiger partial charge is 0.585 e. The molecule has 0 radical (unpaired) electrons. The summed E-state index contributed by atoms with van der Waals surface area (Å²) >= 11 is 2.77. The molecule has 12 heteroatoms. The zero-order valence-corrected chi connectivity index (χ0v) is 62.7. The van der Waals surface area contributed by atoms with Crippen molar-refractivity contribution in [3.05, 3.63) is 239 Å². The molecule has 12 rings (SSSR count). The van der Waals surface area contributed by atoms with Crippen LogP contribution in [0.15, 0.2) is 181 Å². The molecular weight excluding hydrogens is 1300 g/mol. The van der Waals surface area contributed by atoms with Gasteiger partial charge in [-0.05, 0) is 128 Å². The smallest absolute Gasteiger partial charge is 0.267 e. The van der Waals surface area contributed by atoms with Crippen LogP contribution in [0.25, 0.3) is 75.9 Å². The maximum atomic E-state index is 15.6. The summed E-state index contributed by atoms with van der Waals surface area (Å²) in [6.07, 6.45) is 0.963. The first kappa shape index (κ1) is 71.0. The van der Waals surface area contributed by atoms with Gasteiger partial charge >= 0.3 is 0 Å². The van der Waals surface area contributed by atoms with Gasteiger partial charge in [-0.15, -0.1) is 46.9 Å². The molecule has 0 aliphatic carbocycles. The van der Waals surface area contributed by atoms with Crippen molar-refractivity contribution in [2.75, 3.05) is 12.5 Å². The first-order valence-electron chi connectivity index (χ1n) is 32.3. The van der Waals surface area contributed by atoms with E-state index >= 15 is 8.78 Å². The van der Waals surface area contributed by atoms with E-state index in [1.54, 1.807) is 12.1 Å². The van der Waals surface area contributed by atoms with Crippen molar-refractivity contribution >= 4 is 74.4 Å². The first-order valence-corrected chi connectivity index (χ1v) is 36.6. The summed E-state index contributed by atoms with van der Waals surface area (Å²) in [5.74, 6) is 0.515. The molecule has 0 aliphatic rings. The summed E-state index contributed by atoms with van der Waals surface area (Å²) in [7, 11) is -2.54. The van der Waals surface area contributed by atoms with Crippen LogP contribution in [-0.4, -0.2) is 49.4 Å². The average molecular weight is 1390 g/mol. The van der Waals surface area contributed by atoms with Gasteiger partial charge in [0.1, 0.15) is 11.6 Å². The molecule has 0 amide bonds. The molecule has 4 aromatic heterocycles. The van der Waals surface area contributed by atoms with E-state index in [0.717, 1.165) is 54.7 Å². The molecule has 0 unspecified atom stereocenters. The molecule has 0 spiro atoms. The molecule has 6 nitrogen and oxygen atoms in total. The Kier molecular flexibility index (Phi) is 21.0. The van der Waals surface area contributed by atoms with E-state index in [2.05, 4.69) is 207 Å². The van der Waals surface area contributed by atoms with Crippen LogP contribution in [0.4, 0.5) is 8.78 Å². The van der Waals surface area contributed by atoms with Gasteiger partial charge in [-0.3, -0.25) is 0 Å². The normalized spacial score (nSPS) is 12.3. The van der Waals surface area contributed by atoms with Crippen molar-refractivity contribution in [3.8, 4) is 55.3 Å². The number of aromatic hydroxyl groups is 4. The van der Waals surface area contributed by atoms with Gasteiger partial charge in [-0.25, -0.2) is 8.78 Å². The van der Waals surface area contributed by atoms with Crippen molar-refractivity contribution in [2.45, 2.75) is 144 Å². The molecule has 12 aromatic rings. The van der Waals surface area contributed by atoms with Crippen molar-refractivity contribution in [1.29, 1.82) is 0 Å². The molecule has 94 heavy (non-hydrogen) atoms. The van der Waals surface area contributed by atoms with Gasteiger partial charge in [0.15, 0.2) is 24.0 Å². The van der Waals surface area contributed by atoms with Gasteiger partial charge in [-0.1, -0.05) is 147 Å². The van der Waals surface area contributed by atoms with E-state index in [1.807, 2.05) is 71.4 Å². The Morgan fingerprint density at radius 3 is 0.957 bits per heavy atom. The van der Waals surface area contributed by atoms with Crippen molar-refractivity contribution in [3.63, 3.8) is 0 Å². The predicted molar refractivity (Wildman–Crippen MR) is 397 cm³/mol.